The van der Waals surface area contributed by atoms with Crippen molar-refractivity contribution in [2.45, 2.75) is 0 Å². The van der Waals surface area contributed by atoms with Crippen LogP contribution in [0, 0.1) is 0 Å². The van der Waals surface area contributed by atoms with Crippen LogP contribution in [-0.4, -0.2) is 16.1 Å². The first kappa shape index (κ1) is 13.6. The van der Waals surface area contributed by atoms with Crippen molar-refractivity contribution in [1.29, 1.82) is 0 Å². The van der Waals surface area contributed by atoms with Gasteiger partial charge in [0.2, 0.25) is 0 Å². The molecule has 0 saturated heterocycles. The van der Waals surface area contributed by atoms with Crippen molar-refractivity contribution >= 4 is 44.2 Å². The van der Waals surface area contributed by atoms with Crippen LogP contribution in [0.2, 0.25) is 0 Å². The van der Waals surface area contributed by atoms with Gasteiger partial charge in [-0.15, -0.1) is 0 Å². The van der Waals surface area contributed by atoms with Gasteiger partial charge in [0.1, 0.15) is 5.82 Å². The molecule has 0 aliphatic heterocycles. The molecular weight excluding hydrogens is 332 g/mol. The number of hydrogen-bond acceptors (Lipinski definition) is 3. The average molecular weight is 343 g/mol. The van der Waals surface area contributed by atoms with E-state index in [0.29, 0.717) is 11.2 Å². The minimum absolute atomic E-state index is 0.201. The zero-order chi connectivity index (χ0) is 14.8. The molecule has 0 fully saturated rings. The van der Waals surface area contributed by atoms with Crippen LogP contribution in [0.5, 0.6) is 0 Å². The van der Waals surface area contributed by atoms with E-state index in [1.165, 1.54) is 6.20 Å². The van der Waals surface area contributed by atoms with E-state index in [1.807, 2.05) is 42.5 Å². The van der Waals surface area contributed by atoms with Gasteiger partial charge in [0, 0.05) is 27.1 Å². The van der Waals surface area contributed by atoms with Crippen LogP contribution >= 0.6 is 15.9 Å². The summed E-state index contributed by atoms with van der Waals surface area (Å²) in [7, 11) is 0. The summed E-state index contributed by atoms with van der Waals surface area (Å²) in [5.74, 6) is -0.341. The molecule has 0 radical (unpaired) electrons. The molecule has 1 heterocycles. The maximum absolute atomic E-state index is 11.3. The lowest BCUT2D eigenvalue weighted by Gasteiger charge is -2.10. The van der Waals surface area contributed by atoms with Gasteiger partial charge in [0.15, 0.2) is 0 Å². The van der Waals surface area contributed by atoms with E-state index < -0.39 is 5.97 Å². The number of fused-ring (bicyclic) bond motifs is 1. The third-order valence-electron chi connectivity index (χ3n) is 3.13. The topological polar surface area (TPSA) is 62.2 Å². The van der Waals surface area contributed by atoms with Gasteiger partial charge in [-0.05, 0) is 24.3 Å². The molecule has 0 aliphatic carbocycles. The van der Waals surface area contributed by atoms with Crippen molar-refractivity contribution in [3.05, 3.63) is 64.8 Å². The normalized spacial score (nSPS) is 10.5. The molecule has 0 unspecified atom stereocenters. The first-order valence-corrected chi connectivity index (χ1v) is 7.08. The predicted octanol–water partition coefficient (Wildman–Crippen LogP) is 4.44. The predicted molar refractivity (Wildman–Crippen MR) is 86.1 cm³/mol. The minimum atomic E-state index is -0.978. The van der Waals surface area contributed by atoms with Gasteiger partial charge >= 0.3 is 5.97 Å². The number of anilines is 2. The van der Waals surface area contributed by atoms with Crippen LogP contribution in [0.15, 0.2) is 59.2 Å². The number of halogens is 1. The van der Waals surface area contributed by atoms with Gasteiger partial charge in [0.25, 0.3) is 0 Å². The van der Waals surface area contributed by atoms with E-state index >= 15 is 0 Å². The minimum Gasteiger partial charge on any atom is -0.478 e. The van der Waals surface area contributed by atoms with Gasteiger partial charge in [-0.2, -0.15) is 0 Å². The van der Waals surface area contributed by atoms with Crippen LogP contribution in [0.25, 0.3) is 10.8 Å². The molecule has 104 valence electrons. The van der Waals surface area contributed by atoms with E-state index in [9.17, 15) is 9.90 Å². The number of hydrogen-bond donors (Lipinski definition) is 2. The number of nitrogens with zero attached hydrogens (tertiary/aromatic N) is 1. The van der Waals surface area contributed by atoms with Crippen LogP contribution in [0.4, 0.5) is 11.5 Å². The highest BCUT2D eigenvalue weighted by Gasteiger charge is 2.12. The lowest BCUT2D eigenvalue weighted by molar-refractivity contribution is 0.0698. The lowest BCUT2D eigenvalue weighted by atomic mass is 10.1. The quantitative estimate of drug-likeness (QED) is 0.738. The smallest absolute Gasteiger partial charge is 0.337 e. The van der Waals surface area contributed by atoms with Crippen LogP contribution in [0.1, 0.15) is 10.4 Å². The Morgan fingerprint density at radius 2 is 1.71 bits per heavy atom. The van der Waals surface area contributed by atoms with E-state index in [4.69, 9.17) is 0 Å². The van der Waals surface area contributed by atoms with E-state index in [-0.39, 0.29) is 5.56 Å². The summed E-state index contributed by atoms with van der Waals surface area (Å²) in [4.78, 5) is 15.5. The Balaban J connectivity index is 2.09. The lowest BCUT2D eigenvalue weighted by Crippen LogP contribution is -2.02. The summed E-state index contributed by atoms with van der Waals surface area (Å²) in [5.41, 5.74) is 1.09. The number of carboxylic acids is 1. The average Bonchev–Trinajstić information content (AvgIpc) is 2.49. The Morgan fingerprint density at radius 1 is 1.05 bits per heavy atom. The number of nitrogens with one attached hydrogen (secondary N) is 1. The van der Waals surface area contributed by atoms with Crippen LogP contribution in [-0.2, 0) is 0 Å². The fourth-order valence-electron chi connectivity index (χ4n) is 2.13. The standard InChI is InChI=1S/C16H11BrN2O2/c17-10-5-7-11(8-6-10)19-15-13-4-2-1-3-12(13)14(9-18-15)16(20)21/h1-9H,(H,18,19)(H,20,21). The van der Waals surface area contributed by atoms with E-state index in [1.54, 1.807) is 6.07 Å². The molecule has 0 atom stereocenters. The molecule has 0 spiro atoms. The van der Waals surface area contributed by atoms with Crippen molar-refractivity contribution in [2.75, 3.05) is 5.32 Å². The molecule has 3 rings (SSSR count). The molecule has 0 amide bonds. The van der Waals surface area contributed by atoms with Gasteiger partial charge in [-0.3, -0.25) is 0 Å². The summed E-state index contributed by atoms with van der Waals surface area (Å²) in [6, 6.07) is 15.0. The highest BCUT2D eigenvalue weighted by atomic mass is 79.9. The first-order chi connectivity index (χ1) is 10.1. The summed E-state index contributed by atoms with van der Waals surface area (Å²) in [6.07, 6.45) is 1.38. The number of aromatic carboxylic acids is 1. The van der Waals surface area contributed by atoms with Crippen LogP contribution < -0.4 is 5.32 Å². The third-order valence-corrected chi connectivity index (χ3v) is 3.66. The second-order valence-corrected chi connectivity index (χ2v) is 5.42. The molecule has 0 aliphatic rings. The summed E-state index contributed by atoms with van der Waals surface area (Å²) in [5, 5.41) is 13.9. The maximum atomic E-state index is 11.3. The molecule has 0 saturated carbocycles. The molecule has 2 aromatic carbocycles. The van der Waals surface area contributed by atoms with Gasteiger partial charge in [-0.25, -0.2) is 9.78 Å². The van der Waals surface area contributed by atoms with Crippen LogP contribution in [0.3, 0.4) is 0 Å². The molecule has 5 heteroatoms. The van der Waals surface area contributed by atoms with Crippen molar-refractivity contribution in [2.24, 2.45) is 0 Å². The molecule has 1 aromatic heterocycles. The number of rotatable bonds is 3. The second-order valence-electron chi connectivity index (χ2n) is 4.50. The monoisotopic (exact) mass is 342 g/mol. The molecular formula is C16H11BrN2O2. The highest BCUT2D eigenvalue weighted by Crippen LogP contribution is 2.27. The molecule has 4 nitrogen and oxygen atoms in total. The maximum Gasteiger partial charge on any atom is 0.337 e. The Labute approximate surface area is 129 Å². The van der Waals surface area contributed by atoms with Crippen molar-refractivity contribution in [1.82, 2.24) is 4.98 Å². The zero-order valence-corrected chi connectivity index (χ0v) is 12.5. The second kappa shape index (κ2) is 5.54. The fourth-order valence-corrected chi connectivity index (χ4v) is 2.40. The Hall–Kier alpha value is -2.40. The first-order valence-electron chi connectivity index (χ1n) is 6.29. The van der Waals surface area contributed by atoms with Crippen molar-refractivity contribution in [3.63, 3.8) is 0 Å². The Bertz CT molecular complexity index is 816. The number of pyridine rings is 1. The largest absolute Gasteiger partial charge is 0.478 e. The van der Waals surface area contributed by atoms with Crippen molar-refractivity contribution < 1.29 is 9.90 Å². The highest BCUT2D eigenvalue weighted by molar-refractivity contribution is 9.10. The summed E-state index contributed by atoms with van der Waals surface area (Å²) < 4.78 is 0.993. The SMILES string of the molecule is O=C(O)c1cnc(Nc2ccc(Br)cc2)c2ccccc12. The van der Waals surface area contributed by atoms with Crippen molar-refractivity contribution in [3.8, 4) is 0 Å². The van der Waals surface area contributed by atoms with E-state index in [0.717, 1.165) is 15.5 Å². The Morgan fingerprint density at radius 3 is 2.38 bits per heavy atom. The third kappa shape index (κ3) is 2.73. The molecule has 3 aromatic rings. The summed E-state index contributed by atoms with van der Waals surface area (Å²) in [6.45, 7) is 0. The number of carbonyl (C=O) groups is 1. The van der Waals surface area contributed by atoms with Gasteiger partial charge in [-0.1, -0.05) is 40.2 Å². The number of aromatic nitrogens is 1. The summed E-state index contributed by atoms with van der Waals surface area (Å²) >= 11 is 3.39. The molecule has 2 N–H and O–H groups in total. The zero-order valence-electron chi connectivity index (χ0n) is 10.9. The molecule has 0 bridgehead atoms. The number of carboxylic acid groups (broad SMARTS) is 1. The molecule has 21 heavy (non-hydrogen) atoms. The fraction of sp³-hybridized carbons (Fsp3) is 0. The van der Waals surface area contributed by atoms with Gasteiger partial charge < -0.3 is 10.4 Å². The van der Waals surface area contributed by atoms with Gasteiger partial charge in [0.05, 0.1) is 5.56 Å². The van der Waals surface area contributed by atoms with E-state index in [2.05, 4.69) is 26.2 Å². The number of benzene rings is 2. The Kier molecular flexibility index (Phi) is 3.58.